The number of hydrogen-bond acceptors (Lipinski definition) is 6. The fourth-order valence-corrected chi connectivity index (χ4v) is 0.940. The van der Waals surface area contributed by atoms with E-state index >= 15 is 0 Å². The molecule has 6 heteroatoms. The van der Waals surface area contributed by atoms with Crippen LogP contribution in [-0.2, 0) is 28.5 Å². The minimum absolute atomic E-state index is 0.0263. The Morgan fingerprint density at radius 2 is 1.41 bits per heavy atom. The third-order valence-electron chi connectivity index (χ3n) is 1.70. The monoisotopic (exact) mass is 250 g/mol. The van der Waals surface area contributed by atoms with Crippen LogP contribution in [0.1, 0.15) is 6.92 Å². The molecule has 0 rings (SSSR count). The van der Waals surface area contributed by atoms with E-state index in [9.17, 15) is 4.79 Å². The Morgan fingerprint density at radius 3 is 1.94 bits per heavy atom. The van der Waals surface area contributed by atoms with E-state index in [-0.39, 0.29) is 12.6 Å². The van der Waals surface area contributed by atoms with Crippen molar-refractivity contribution in [1.29, 1.82) is 0 Å². The van der Waals surface area contributed by atoms with Crippen LogP contribution in [0.15, 0.2) is 0 Å². The summed E-state index contributed by atoms with van der Waals surface area (Å²) >= 11 is 0. The van der Waals surface area contributed by atoms with Crippen LogP contribution < -0.4 is 0 Å². The Balaban J connectivity index is 3.01. The topological polar surface area (TPSA) is 63.2 Å². The molecule has 0 unspecified atom stereocenters. The molecule has 0 radical (unpaired) electrons. The number of rotatable bonds is 12. The van der Waals surface area contributed by atoms with Crippen molar-refractivity contribution in [3.63, 3.8) is 0 Å². The maximum absolute atomic E-state index is 10.9. The summed E-state index contributed by atoms with van der Waals surface area (Å²) in [4.78, 5) is 10.9. The van der Waals surface area contributed by atoms with Crippen LogP contribution in [-0.4, -0.2) is 65.9 Å². The summed E-state index contributed by atoms with van der Waals surface area (Å²) in [5, 5.41) is 0. The number of ether oxygens (including phenoxy) is 5. The van der Waals surface area contributed by atoms with Crippen molar-refractivity contribution in [3.8, 4) is 0 Å². The Morgan fingerprint density at radius 1 is 0.882 bits per heavy atom. The molecule has 102 valence electrons. The Labute approximate surface area is 102 Å². The van der Waals surface area contributed by atoms with Crippen molar-refractivity contribution in [2.75, 3.05) is 60.0 Å². The molecule has 0 bridgehead atoms. The number of carbonyl (C=O) groups is 1. The predicted octanol–water partition coefficient (Wildman–Crippen LogP) is 0.246. The van der Waals surface area contributed by atoms with Gasteiger partial charge in [0.05, 0.1) is 46.2 Å². The van der Waals surface area contributed by atoms with Crippen molar-refractivity contribution >= 4 is 5.97 Å². The molecule has 0 aliphatic heterocycles. The first-order chi connectivity index (χ1) is 8.31. The molecule has 0 N–H and O–H groups in total. The third kappa shape index (κ3) is 13.2. The highest BCUT2D eigenvalue weighted by atomic mass is 16.6. The van der Waals surface area contributed by atoms with Crippen molar-refractivity contribution in [2.45, 2.75) is 6.92 Å². The van der Waals surface area contributed by atoms with E-state index in [0.717, 1.165) is 0 Å². The van der Waals surface area contributed by atoms with Gasteiger partial charge in [-0.15, -0.1) is 0 Å². The molecule has 0 aliphatic rings. The molecule has 0 atom stereocenters. The molecule has 0 fully saturated rings. The molecule has 0 aromatic heterocycles. The summed E-state index contributed by atoms with van der Waals surface area (Å²) < 4.78 is 24.9. The van der Waals surface area contributed by atoms with Gasteiger partial charge in [0.25, 0.3) is 0 Å². The second-order valence-electron chi connectivity index (χ2n) is 3.08. The molecule has 0 amide bonds. The first-order valence-corrected chi connectivity index (χ1v) is 5.69. The van der Waals surface area contributed by atoms with Crippen LogP contribution in [0.25, 0.3) is 0 Å². The van der Waals surface area contributed by atoms with Crippen LogP contribution in [0.2, 0.25) is 0 Å². The SMILES string of the molecule is CCOC(=O)COCCOCCOCCOC. The van der Waals surface area contributed by atoms with Gasteiger partial charge in [0.15, 0.2) is 0 Å². The zero-order chi connectivity index (χ0) is 12.8. The van der Waals surface area contributed by atoms with E-state index in [4.69, 9.17) is 18.9 Å². The quantitative estimate of drug-likeness (QED) is 0.365. The lowest BCUT2D eigenvalue weighted by Gasteiger charge is -2.06. The molecule has 0 spiro atoms. The second-order valence-corrected chi connectivity index (χ2v) is 3.08. The summed E-state index contributed by atoms with van der Waals surface area (Å²) in [6.45, 7) is 5.10. The van der Waals surface area contributed by atoms with Crippen molar-refractivity contribution in [3.05, 3.63) is 0 Å². The number of esters is 1. The molecule has 0 aromatic carbocycles. The average Bonchev–Trinajstić information content (AvgIpc) is 2.32. The van der Waals surface area contributed by atoms with Gasteiger partial charge in [0.1, 0.15) is 6.61 Å². The molecule has 0 heterocycles. The van der Waals surface area contributed by atoms with Gasteiger partial charge in [-0.25, -0.2) is 4.79 Å². The molecule has 0 saturated carbocycles. The molecule has 0 aromatic rings. The lowest BCUT2D eigenvalue weighted by molar-refractivity contribution is -0.149. The van der Waals surface area contributed by atoms with E-state index in [2.05, 4.69) is 4.74 Å². The van der Waals surface area contributed by atoms with E-state index in [1.165, 1.54) is 0 Å². The minimum Gasteiger partial charge on any atom is -0.464 e. The predicted molar refractivity (Wildman–Crippen MR) is 61.0 cm³/mol. The Bertz CT molecular complexity index is 173. The van der Waals surface area contributed by atoms with Gasteiger partial charge >= 0.3 is 5.97 Å². The summed E-state index contributed by atoms with van der Waals surface area (Å²) in [6.07, 6.45) is 0. The highest BCUT2D eigenvalue weighted by Crippen LogP contribution is 1.84. The van der Waals surface area contributed by atoms with Gasteiger partial charge in [0, 0.05) is 7.11 Å². The maximum Gasteiger partial charge on any atom is 0.332 e. The van der Waals surface area contributed by atoms with Gasteiger partial charge < -0.3 is 23.7 Å². The van der Waals surface area contributed by atoms with Crippen LogP contribution in [0, 0.1) is 0 Å². The van der Waals surface area contributed by atoms with Gasteiger partial charge in [-0.1, -0.05) is 0 Å². The first-order valence-electron chi connectivity index (χ1n) is 5.69. The van der Waals surface area contributed by atoms with Crippen LogP contribution in [0.4, 0.5) is 0 Å². The van der Waals surface area contributed by atoms with Crippen molar-refractivity contribution in [1.82, 2.24) is 0 Å². The smallest absolute Gasteiger partial charge is 0.332 e. The largest absolute Gasteiger partial charge is 0.464 e. The lowest BCUT2D eigenvalue weighted by Crippen LogP contribution is -2.16. The lowest BCUT2D eigenvalue weighted by atomic mass is 10.6. The summed E-state index contributed by atoms with van der Waals surface area (Å²) in [6, 6.07) is 0. The molecule has 17 heavy (non-hydrogen) atoms. The van der Waals surface area contributed by atoms with Gasteiger partial charge in [-0.05, 0) is 6.92 Å². The normalized spacial score (nSPS) is 10.5. The number of carbonyl (C=O) groups excluding carboxylic acids is 1. The fourth-order valence-electron chi connectivity index (χ4n) is 0.940. The summed E-state index contributed by atoms with van der Waals surface area (Å²) in [5.74, 6) is -0.351. The average molecular weight is 250 g/mol. The molecular formula is C11H22O6. The van der Waals surface area contributed by atoms with E-state index in [1.807, 2.05) is 0 Å². The van der Waals surface area contributed by atoms with Gasteiger partial charge in [-0.3, -0.25) is 0 Å². The highest BCUT2D eigenvalue weighted by molar-refractivity contribution is 5.70. The van der Waals surface area contributed by atoms with Crippen LogP contribution in [0.3, 0.4) is 0 Å². The zero-order valence-electron chi connectivity index (χ0n) is 10.6. The molecular weight excluding hydrogens is 228 g/mol. The molecule has 6 nitrogen and oxygen atoms in total. The summed E-state index contributed by atoms with van der Waals surface area (Å²) in [5.41, 5.74) is 0. The zero-order valence-corrected chi connectivity index (χ0v) is 10.6. The Hall–Kier alpha value is -0.690. The fraction of sp³-hybridized carbons (Fsp3) is 0.909. The Kier molecular flexibility index (Phi) is 12.8. The standard InChI is InChI=1S/C11H22O6/c1-3-17-11(12)10-16-9-8-15-7-6-14-5-4-13-2/h3-10H2,1-2H3. The van der Waals surface area contributed by atoms with Crippen molar-refractivity contribution in [2.24, 2.45) is 0 Å². The summed E-state index contributed by atoms with van der Waals surface area (Å²) in [7, 11) is 1.63. The van der Waals surface area contributed by atoms with E-state index < -0.39 is 0 Å². The maximum atomic E-state index is 10.9. The van der Waals surface area contributed by atoms with Crippen molar-refractivity contribution < 1.29 is 28.5 Å². The van der Waals surface area contributed by atoms with Gasteiger partial charge in [0.2, 0.25) is 0 Å². The minimum atomic E-state index is -0.351. The van der Waals surface area contributed by atoms with E-state index in [0.29, 0.717) is 46.2 Å². The third-order valence-corrected chi connectivity index (χ3v) is 1.70. The first kappa shape index (κ1) is 16.3. The second kappa shape index (κ2) is 13.4. The highest BCUT2D eigenvalue weighted by Gasteiger charge is 2.00. The molecule has 0 aliphatic carbocycles. The van der Waals surface area contributed by atoms with Crippen LogP contribution >= 0.6 is 0 Å². The van der Waals surface area contributed by atoms with E-state index in [1.54, 1.807) is 14.0 Å². The van der Waals surface area contributed by atoms with Gasteiger partial charge in [-0.2, -0.15) is 0 Å². The number of methoxy groups -OCH3 is 1. The number of hydrogen-bond donors (Lipinski definition) is 0. The molecule has 0 saturated heterocycles. The van der Waals surface area contributed by atoms with Crippen LogP contribution in [0.5, 0.6) is 0 Å².